The third kappa shape index (κ3) is 2.98. The van der Waals surface area contributed by atoms with Gasteiger partial charge in [-0.2, -0.15) is 4.98 Å². The molecule has 0 fully saturated rings. The SMILES string of the molecule is Cc1ccc(CN(C)c2ccnc(N(C)C)n2)s1. The lowest BCUT2D eigenvalue weighted by Gasteiger charge is -2.19. The van der Waals surface area contributed by atoms with Gasteiger partial charge in [0.25, 0.3) is 0 Å². The van der Waals surface area contributed by atoms with E-state index in [-0.39, 0.29) is 0 Å². The van der Waals surface area contributed by atoms with Crippen molar-refractivity contribution in [2.24, 2.45) is 0 Å². The number of thiophene rings is 1. The molecule has 0 aliphatic heterocycles. The second-order valence-corrected chi connectivity index (χ2v) is 5.85. The van der Waals surface area contributed by atoms with Gasteiger partial charge in [0, 0.05) is 37.1 Å². The molecule has 0 aliphatic rings. The summed E-state index contributed by atoms with van der Waals surface area (Å²) in [6, 6.07) is 6.26. The van der Waals surface area contributed by atoms with Crippen LogP contribution in [0.25, 0.3) is 0 Å². The number of rotatable bonds is 4. The van der Waals surface area contributed by atoms with Crippen LogP contribution >= 0.6 is 11.3 Å². The maximum absolute atomic E-state index is 4.52. The fourth-order valence-corrected chi connectivity index (χ4v) is 2.60. The molecule has 18 heavy (non-hydrogen) atoms. The summed E-state index contributed by atoms with van der Waals surface area (Å²) in [6.45, 7) is 3.01. The molecule has 0 amide bonds. The van der Waals surface area contributed by atoms with Crippen molar-refractivity contribution in [1.29, 1.82) is 0 Å². The molecule has 2 aromatic heterocycles. The predicted octanol–water partition coefficient (Wildman–Crippen LogP) is 2.55. The molecular formula is C13H18N4S. The molecule has 0 N–H and O–H groups in total. The summed E-state index contributed by atoms with van der Waals surface area (Å²) in [5.41, 5.74) is 0. The van der Waals surface area contributed by atoms with Crippen molar-refractivity contribution >= 4 is 23.1 Å². The summed E-state index contributed by atoms with van der Waals surface area (Å²) < 4.78 is 0. The highest BCUT2D eigenvalue weighted by atomic mass is 32.1. The fourth-order valence-electron chi connectivity index (χ4n) is 1.65. The molecule has 2 heterocycles. The monoisotopic (exact) mass is 262 g/mol. The molecule has 0 saturated carbocycles. The van der Waals surface area contributed by atoms with Gasteiger partial charge < -0.3 is 9.80 Å². The first-order valence-electron chi connectivity index (χ1n) is 5.83. The van der Waals surface area contributed by atoms with Crippen LogP contribution in [0, 0.1) is 6.92 Å². The van der Waals surface area contributed by atoms with Crippen LogP contribution in [0.3, 0.4) is 0 Å². The largest absolute Gasteiger partial charge is 0.354 e. The first kappa shape index (κ1) is 12.8. The third-order valence-electron chi connectivity index (χ3n) is 2.61. The van der Waals surface area contributed by atoms with Gasteiger partial charge in [0.2, 0.25) is 5.95 Å². The van der Waals surface area contributed by atoms with E-state index in [0.29, 0.717) is 0 Å². The number of hydrogen-bond donors (Lipinski definition) is 0. The highest BCUT2D eigenvalue weighted by molar-refractivity contribution is 7.11. The van der Waals surface area contributed by atoms with E-state index in [4.69, 9.17) is 0 Å². The highest BCUT2D eigenvalue weighted by Gasteiger charge is 2.07. The summed E-state index contributed by atoms with van der Waals surface area (Å²) in [5.74, 6) is 1.68. The van der Waals surface area contributed by atoms with Crippen molar-refractivity contribution in [3.05, 3.63) is 34.2 Å². The van der Waals surface area contributed by atoms with Crippen molar-refractivity contribution in [1.82, 2.24) is 9.97 Å². The number of aryl methyl sites for hydroxylation is 1. The lowest BCUT2D eigenvalue weighted by Crippen LogP contribution is -2.19. The van der Waals surface area contributed by atoms with Crippen LogP contribution < -0.4 is 9.80 Å². The van der Waals surface area contributed by atoms with E-state index in [1.165, 1.54) is 9.75 Å². The normalized spacial score (nSPS) is 10.4. The zero-order valence-electron chi connectivity index (χ0n) is 11.2. The molecule has 2 rings (SSSR count). The zero-order chi connectivity index (χ0) is 13.1. The Morgan fingerprint density at radius 3 is 2.56 bits per heavy atom. The Hall–Kier alpha value is -1.62. The fraction of sp³-hybridized carbons (Fsp3) is 0.385. The molecular weight excluding hydrogens is 244 g/mol. The molecule has 0 saturated heterocycles. The highest BCUT2D eigenvalue weighted by Crippen LogP contribution is 2.20. The maximum Gasteiger partial charge on any atom is 0.226 e. The Kier molecular flexibility index (Phi) is 3.81. The van der Waals surface area contributed by atoms with E-state index in [1.54, 1.807) is 6.20 Å². The Morgan fingerprint density at radius 1 is 1.17 bits per heavy atom. The van der Waals surface area contributed by atoms with Crippen molar-refractivity contribution in [2.75, 3.05) is 30.9 Å². The van der Waals surface area contributed by atoms with E-state index in [9.17, 15) is 0 Å². The minimum Gasteiger partial charge on any atom is -0.354 e. The third-order valence-corrected chi connectivity index (χ3v) is 3.59. The molecule has 96 valence electrons. The first-order valence-corrected chi connectivity index (χ1v) is 6.65. The maximum atomic E-state index is 4.52. The molecule has 4 nitrogen and oxygen atoms in total. The molecule has 0 bridgehead atoms. The minimum absolute atomic E-state index is 0.738. The number of hydrogen-bond acceptors (Lipinski definition) is 5. The summed E-state index contributed by atoms with van der Waals surface area (Å²) in [6.07, 6.45) is 1.80. The van der Waals surface area contributed by atoms with Gasteiger partial charge in [0.15, 0.2) is 0 Å². The lowest BCUT2D eigenvalue weighted by molar-refractivity contribution is 0.892. The van der Waals surface area contributed by atoms with Gasteiger partial charge in [0.05, 0.1) is 6.54 Å². The van der Waals surface area contributed by atoms with Crippen LogP contribution in [0.1, 0.15) is 9.75 Å². The zero-order valence-corrected chi connectivity index (χ0v) is 12.0. The quantitative estimate of drug-likeness (QED) is 0.847. The van der Waals surface area contributed by atoms with Gasteiger partial charge in [0.1, 0.15) is 5.82 Å². The Labute approximate surface area is 112 Å². The smallest absolute Gasteiger partial charge is 0.226 e. The summed E-state index contributed by atoms with van der Waals surface area (Å²) in [7, 11) is 5.94. The van der Waals surface area contributed by atoms with Gasteiger partial charge in [-0.1, -0.05) is 0 Å². The van der Waals surface area contributed by atoms with Gasteiger partial charge in [-0.15, -0.1) is 11.3 Å². The van der Waals surface area contributed by atoms with Crippen molar-refractivity contribution in [3.63, 3.8) is 0 Å². The molecule has 0 radical (unpaired) electrons. The summed E-state index contributed by atoms with van der Waals surface area (Å²) in [5, 5.41) is 0. The summed E-state index contributed by atoms with van der Waals surface area (Å²) >= 11 is 1.83. The standard InChI is InChI=1S/C13H18N4S/c1-10-5-6-11(18-10)9-17(4)12-7-8-14-13(15-12)16(2)3/h5-8H,9H2,1-4H3. The number of nitrogens with zero attached hydrogens (tertiary/aromatic N) is 4. The topological polar surface area (TPSA) is 32.3 Å². The van der Waals surface area contributed by atoms with Gasteiger partial charge in [-0.25, -0.2) is 4.98 Å². The van der Waals surface area contributed by atoms with Gasteiger partial charge in [-0.05, 0) is 25.1 Å². The van der Waals surface area contributed by atoms with E-state index < -0.39 is 0 Å². The Balaban J connectivity index is 2.13. The van der Waals surface area contributed by atoms with Crippen molar-refractivity contribution < 1.29 is 0 Å². The lowest BCUT2D eigenvalue weighted by atomic mass is 10.4. The Bertz CT molecular complexity index is 521. The van der Waals surface area contributed by atoms with E-state index >= 15 is 0 Å². The second-order valence-electron chi connectivity index (χ2n) is 4.48. The van der Waals surface area contributed by atoms with Crippen LogP contribution in [0.2, 0.25) is 0 Å². The van der Waals surface area contributed by atoms with E-state index in [1.807, 2.05) is 36.4 Å². The number of aromatic nitrogens is 2. The van der Waals surface area contributed by atoms with Crippen LogP contribution in [-0.2, 0) is 6.54 Å². The van der Waals surface area contributed by atoms with Gasteiger partial charge in [-0.3, -0.25) is 0 Å². The minimum atomic E-state index is 0.738. The molecule has 0 atom stereocenters. The number of anilines is 2. The van der Waals surface area contributed by atoms with Crippen LogP contribution in [0.4, 0.5) is 11.8 Å². The van der Waals surface area contributed by atoms with E-state index in [2.05, 4.69) is 41.0 Å². The van der Waals surface area contributed by atoms with Crippen LogP contribution in [0.15, 0.2) is 24.4 Å². The second kappa shape index (κ2) is 5.35. The van der Waals surface area contributed by atoms with Crippen LogP contribution in [-0.4, -0.2) is 31.1 Å². The molecule has 2 aromatic rings. The average Bonchev–Trinajstić information content (AvgIpc) is 2.75. The van der Waals surface area contributed by atoms with E-state index in [0.717, 1.165) is 18.3 Å². The van der Waals surface area contributed by atoms with Crippen molar-refractivity contribution in [2.45, 2.75) is 13.5 Å². The molecule has 0 spiro atoms. The molecule has 5 heteroatoms. The molecule has 0 unspecified atom stereocenters. The summed E-state index contributed by atoms with van der Waals surface area (Å²) in [4.78, 5) is 15.5. The predicted molar refractivity (Wildman–Crippen MR) is 77.5 cm³/mol. The van der Waals surface area contributed by atoms with Gasteiger partial charge >= 0.3 is 0 Å². The van der Waals surface area contributed by atoms with Crippen molar-refractivity contribution in [3.8, 4) is 0 Å². The molecule has 0 aliphatic carbocycles. The van der Waals surface area contributed by atoms with Crippen LogP contribution in [0.5, 0.6) is 0 Å². The first-order chi connectivity index (χ1) is 8.56. The average molecular weight is 262 g/mol. The molecule has 0 aromatic carbocycles. The Morgan fingerprint density at radius 2 is 1.94 bits per heavy atom.